The molecule has 1 aromatic heterocycles. The van der Waals surface area contributed by atoms with Gasteiger partial charge in [0.25, 0.3) is 0 Å². The van der Waals surface area contributed by atoms with Crippen LogP contribution in [-0.4, -0.2) is 31.9 Å². The SMILES string of the molecule is CCCn1ncnc1CC(O)C1CCC(F)(F)CC1. The summed E-state index contributed by atoms with van der Waals surface area (Å²) in [5.74, 6) is -1.85. The molecule has 1 N–H and O–H groups in total. The van der Waals surface area contributed by atoms with E-state index in [0.717, 1.165) is 18.8 Å². The molecule has 19 heavy (non-hydrogen) atoms. The Balaban J connectivity index is 1.90. The summed E-state index contributed by atoms with van der Waals surface area (Å²) in [6.07, 6.45) is 2.76. The van der Waals surface area contributed by atoms with Crippen molar-refractivity contribution in [1.29, 1.82) is 0 Å². The van der Waals surface area contributed by atoms with Gasteiger partial charge < -0.3 is 5.11 Å². The van der Waals surface area contributed by atoms with Crippen LogP contribution < -0.4 is 0 Å². The van der Waals surface area contributed by atoms with Crippen molar-refractivity contribution in [3.63, 3.8) is 0 Å². The molecule has 0 radical (unpaired) electrons. The molecule has 1 heterocycles. The molecule has 0 saturated heterocycles. The summed E-state index contributed by atoms with van der Waals surface area (Å²) in [6, 6.07) is 0. The van der Waals surface area contributed by atoms with E-state index < -0.39 is 12.0 Å². The van der Waals surface area contributed by atoms with Crippen LogP contribution in [-0.2, 0) is 13.0 Å². The lowest BCUT2D eigenvalue weighted by molar-refractivity contribution is -0.0622. The summed E-state index contributed by atoms with van der Waals surface area (Å²) in [5, 5.41) is 14.3. The number of hydrogen-bond donors (Lipinski definition) is 1. The van der Waals surface area contributed by atoms with Gasteiger partial charge in [0.2, 0.25) is 5.92 Å². The van der Waals surface area contributed by atoms with Crippen molar-refractivity contribution in [2.75, 3.05) is 0 Å². The van der Waals surface area contributed by atoms with Gasteiger partial charge >= 0.3 is 0 Å². The van der Waals surface area contributed by atoms with E-state index in [2.05, 4.69) is 10.1 Å². The van der Waals surface area contributed by atoms with Crippen molar-refractivity contribution < 1.29 is 13.9 Å². The van der Waals surface area contributed by atoms with Crippen LogP contribution in [0.1, 0.15) is 44.9 Å². The molecule has 1 aliphatic carbocycles. The highest BCUT2D eigenvalue weighted by molar-refractivity contribution is 4.91. The van der Waals surface area contributed by atoms with Crippen LogP contribution in [0.3, 0.4) is 0 Å². The summed E-state index contributed by atoms with van der Waals surface area (Å²) in [7, 11) is 0. The first-order chi connectivity index (χ1) is 9.02. The highest BCUT2D eigenvalue weighted by Crippen LogP contribution is 2.37. The van der Waals surface area contributed by atoms with E-state index in [4.69, 9.17) is 0 Å². The normalized spacial score (nSPS) is 21.5. The van der Waals surface area contributed by atoms with Gasteiger partial charge in [-0.1, -0.05) is 6.92 Å². The molecule has 0 amide bonds. The van der Waals surface area contributed by atoms with Gasteiger partial charge in [0.15, 0.2) is 0 Å². The number of nitrogens with zero attached hydrogens (tertiary/aromatic N) is 3. The van der Waals surface area contributed by atoms with Gasteiger partial charge in [0.1, 0.15) is 12.2 Å². The van der Waals surface area contributed by atoms with Gasteiger partial charge in [-0.2, -0.15) is 5.10 Å². The van der Waals surface area contributed by atoms with Crippen LogP contribution in [0.15, 0.2) is 6.33 Å². The number of aliphatic hydroxyl groups is 1. The maximum atomic E-state index is 13.1. The monoisotopic (exact) mass is 273 g/mol. The van der Waals surface area contributed by atoms with E-state index in [1.54, 1.807) is 4.68 Å². The molecule has 0 bridgehead atoms. The number of rotatable bonds is 5. The summed E-state index contributed by atoms with van der Waals surface area (Å²) in [6.45, 7) is 2.82. The summed E-state index contributed by atoms with van der Waals surface area (Å²) in [4.78, 5) is 4.14. The minimum Gasteiger partial charge on any atom is -0.392 e. The molecule has 108 valence electrons. The Bertz CT molecular complexity index is 398. The van der Waals surface area contributed by atoms with E-state index in [1.807, 2.05) is 6.92 Å². The fourth-order valence-electron chi connectivity index (χ4n) is 2.65. The molecule has 4 nitrogen and oxygen atoms in total. The number of alkyl halides is 2. The van der Waals surface area contributed by atoms with Crippen molar-refractivity contribution in [2.45, 2.75) is 64.0 Å². The largest absolute Gasteiger partial charge is 0.392 e. The summed E-state index contributed by atoms with van der Waals surface area (Å²) >= 11 is 0. The molecule has 0 spiro atoms. The maximum absolute atomic E-state index is 13.1. The molecule has 1 atom stereocenters. The molecule has 1 fully saturated rings. The van der Waals surface area contributed by atoms with Crippen molar-refractivity contribution in [2.24, 2.45) is 5.92 Å². The summed E-state index contributed by atoms with van der Waals surface area (Å²) < 4.78 is 27.9. The third-order valence-electron chi connectivity index (χ3n) is 3.83. The zero-order valence-electron chi connectivity index (χ0n) is 11.2. The van der Waals surface area contributed by atoms with E-state index in [-0.39, 0.29) is 18.8 Å². The minimum absolute atomic E-state index is 0.0496. The van der Waals surface area contributed by atoms with Crippen LogP contribution in [0.5, 0.6) is 0 Å². The molecule has 6 heteroatoms. The Morgan fingerprint density at radius 1 is 1.47 bits per heavy atom. The predicted octanol–water partition coefficient (Wildman–Crippen LogP) is 2.42. The fourth-order valence-corrected chi connectivity index (χ4v) is 2.65. The van der Waals surface area contributed by atoms with Crippen molar-refractivity contribution >= 4 is 0 Å². The Morgan fingerprint density at radius 3 is 2.79 bits per heavy atom. The number of aromatic nitrogens is 3. The molecular weight excluding hydrogens is 252 g/mol. The summed E-state index contributed by atoms with van der Waals surface area (Å²) in [5.41, 5.74) is 0. The fraction of sp³-hybridized carbons (Fsp3) is 0.846. The van der Waals surface area contributed by atoms with E-state index in [1.165, 1.54) is 6.33 Å². The van der Waals surface area contributed by atoms with Crippen LogP contribution in [0, 0.1) is 5.92 Å². The smallest absolute Gasteiger partial charge is 0.248 e. The zero-order chi connectivity index (χ0) is 13.9. The van der Waals surface area contributed by atoms with Crippen LogP contribution in [0.4, 0.5) is 8.78 Å². The molecule has 0 aliphatic heterocycles. The second-order valence-electron chi connectivity index (χ2n) is 5.36. The highest BCUT2D eigenvalue weighted by Gasteiger charge is 2.37. The third-order valence-corrected chi connectivity index (χ3v) is 3.83. The third kappa shape index (κ3) is 3.72. The van der Waals surface area contributed by atoms with Gasteiger partial charge in [-0.3, -0.25) is 4.68 Å². The molecular formula is C13H21F2N3O. The lowest BCUT2D eigenvalue weighted by Crippen LogP contribution is -2.32. The predicted molar refractivity (Wildman–Crippen MR) is 66.9 cm³/mol. The number of aliphatic hydroxyl groups excluding tert-OH is 1. The van der Waals surface area contributed by atoms with Gasteiger partial charge in [-0.25, -0.2) is 13.8 Å². The Morgan fingerprint density at radius 2 is 2.16 bits per heavy atom. The first kappa shape index (κ1) is 14.4. The average Bonchev–Trinajstić information content (AvgIpc) is 2.77. The first-order valence-electron chi connectivity index (χ1n) is 6.94. The van der Waals surface area contributed by atoms with Gasteiger partial charge in [0, 0.05) is 25.8 Å². The zero-order valence-corrected chi connectivity index (χ0v) is 11.2. The van der Waals surface area contributed by atoms with Crippen LogP contribution in [0.25, 0.3) is 0 Å². The lowest BCUT2D eigenvalue weighted by Gasteiger charge is -2.31. The standard InChI is InChI=1S/C13H21F2N3O/c1-2-7-18-12(16-9-17-18)8-11(19)10-3-5-13(14,15)6-4-10/h9-11,19H,2-8H2,1H3. The maximum Gasteiger partial charge on any atom is 0.248 e. The molecule has 0 aromatic carbocycles. The quantitative estimate of drug-likeness (QED) is 0.896. The van der Waals surface area contributed by atoms with E-state index in [0.29, 0.717) is 19.3 Å². The molecule has 1 aliphatic rings. The van der Waals surface area contributed by atoms with Crippen molar-refractivity contribution in [3.05, 3.63) is 12.2 Å². The van der Waals surface area contributed by atoms with Gasteiger partial charge in [-0.05, 0) is 25.2 Å². The van der Waals surface area contributed by atoms with Crippen molar-refractivity contribution in [1.82, 2.24) is 14.8 Å². The van der Waals surface area contributed by atoms with Crippen LogP contribution in [0.2, 0.25) is 0 Å². The Labute approximate surface area is 111 Å². The van der Waals surface area contributed by atoms with Crippen LogP contribution >= 0.6 is 0 Å². The van der Waals surface area contributed by atoms with Gasteiger partial charge in [0.05, 0.1) is 6.10 Å². The number of aryl methyl sites for hydroxylation is 1. The topological polar surface area (TPSA) is 50.9 Å². The van der Waals surface area contributed by atoms with E-state index in [9.17, 15) is 13.9 Å². The molecule has 2 rings (SSSR count). The van der Waals surface area contributed by atoms with E-state index >= 15 is 0 Å². The second-order valence-corrected chi connectivity index (χ2v) is 5.36. The second kappa shape index (κ2) is 5.94. The molecule has 1 unspecified atom stereocenters. The number of hydrogen-bond acceptors (Lipinski definition) is 3. The molecule has 1 aromatic rings. The highest BCUT2D eigenvalue weighted by atomic mass is 19.3. The Kier molecular flexibility index (Phi) is 4.50. The average molecular weight is 273 g/mol. The first-order valence-corrected chi connectivity index (χ1v) is 6.94. The van der Waals surface area contributed by atoms with Crippen molar-refractivity contribution in [3.8, 4) is 0 Å². The Hall–Kier alpha value is -1.04. The lowest BCUT2D eigenvalue weighted by atomic mass is 9.82. The number of halogens is 2. The van der Waals surface area contributed by atoms with Gasteiger partial charge in [-0.15, -0.1) is 0 Å². The minimum atomic E-state index is -2.54. The molecule has 1 saturated carbocycles.